The molecule has 3 atom stereocenters. The number of likely N-dealkylation sites (tertiary alicyclic amines) is 1. The Balaban J connectivity index is 1.94. The molecule has 3 aliphatic rings. The highest BCUT2D eigenvalue weighted by molar-refractivity contribution is 5.81. The Kier molecular flexibility index (Phi) is 1.93. The molecule has 1 saturated carbocycles. The molecule has 2 saturated heterocycles. The molecule has 3 nitrogen and oxygen atoms in total. The van der Waals surface area contributed by atoms with Crippen LogP contribution in [0.2, 0.25) is 0 Å². The van der Waals surface area contributed by atoms with Crippen molar-refractivity contribution >= 4 is 5.91 Å². The number of rotatable bonds is 2. The van der Waals surface area contributed by atoms with Gasteiger partial charge in [0.2, 0.25) is 5.91 Å². The number of hydrogen-bond donors (Lipinski definition) is 0. The summed E-state index contributed by atoms with van der Waals surface area (Å²) in [5.41, 5.74) is 0.0359. The van der Waals surface area contributed by atoms with Crippen molar-refractivity contribution in [2.24, 2.45) is 0 Å². The summed E-state index contributed by atoms with van der Waals surface area (Å²) in [5, 5.41) is 0. The second-order valence-electron chi connectivity index (χ2n) is 4.94. The van der Waals surface area contributed by atoms with Crippen LogP contribution in [0.5, 0.6) is 0 Å². The molecular weight excluding hydrogens is 190 g/mol. The third-order valence-corrected chi connectivity index (χ3v) is 4.18. The first-order chi connectivity index (χ1) is 7.26. The second kappa shape index (κ2) is 3.08. The van der Waals surface area contributed by atoms with E-state index in [0.717, 1.165) is 12.8 Å². The first kappa shape index (κ1) is 9.40. The van der Waals surface area contributed by atoms with Crippen molar-refractivity contribution < 1.29 is 9.53 Å². The highest BCUT2D eigenvalue weighted by Crippen LogP contribution is 2.50. The molecule has 0 aromatic rings. The molecule has 3 rings (SSSR count). The normalized spacial score (nSPS) is 43.2. The third kappa shape index (κ3) is 1.13. The SMILES string of the molecule is C=CCN1C(=O)C[C@@H]2O[C@@H]3CCC[C@@]21C3. The van der Waals surface area contributed by atoms with E-state index < -0.39 is 0 Å². The smallest absolute Gasteiger partial charge is 0.226 e. The molecule has 0 unspecified atom stereocenters. The standard InChI is InChI=1S/C12H17NO2/c1-2-6-13-11(14)7-10-12(13)5-3-4-9(8-12)15-10/h2,9-10H,1,3-8H2/t9-,10+,12-/m1/s1. The molecule has 0 aromatic heterocycles. The van der Waals surface area contributed by atoms with E-state index >= 15 is 0 Å². The number of carbonyl (C=O) groups is 1. The molecule has 2 aliphatic heterocycles. The van der Waals surface area contributed by atoms with Gasteiger partial charge in [-0.1, -0.05) is 6.08 Å². The summed E-state index contributed by atoms with van der Waals surface area (Å²) >= 11 is 0. The van der Waals surface area contributed by atoms with Crippen LogP contribution in [0, 0.1) is 0 Å². The van der Waals surface area contributed by atoms with Gasteiger partial charge in [-0.15, -0.1) is 6.58 Å². The molecule has 0 radical (unpaired) electrons. The first-order valence-corrected chi connectivity index (χ1v) is 5.83. The van der Waals surface area contributed by atoms with Gasteiger partial charge in [0.05, 0.1) is 24.2 Å². The lowest BCUT2D eigenvalue weighted by Gasteiger charge is -2.38. The second-order valence-corrected chi connectivity index (χ2v) is 4.94. The fraction of sp³-hybridized carbons (Fsp3) is 0.750. The minimum atomic E-state index is 0.0359. The van der Waals surface area contributed by atoms with Crippen molar-refractivity contribution in [3.05, 3.63) is 12.7 Å². The number of hydrogen-bond acceptors (Lipinski definition) is 2. The van der Waals surface area contributed by atoms with E-state index in [9.17, 15) is 4.79 Å². The number of ether oxygens (including phenoxy) is 1. The van der Waals surface area contributed by atoms with Crippen LogP contribution in [0.3, 0.4) is 0 Å². The summed E-state index contributed by atoms with van der Waals surface area (Å²) in [5.74, 6) is 0.250. The monoisotopic (exact) mass is 207 g/mol. The van der Waals surface area contributed by atoms with Crippen LogP contribution in [0.15, 0.2) is 12.7 Å². The summed E-state index contributed by atoms with van der Waals surface area (Å²) in [6.07, 6.45) is 7.53. The van der Waals surface area contributed by atoms with Crippen LogP contribution >= 0.6 is 0 Å². The third-order valence-electron chi connectivity index (χ3n) is 4.18. The van der Waals surface area contributed by atoms with Gasteiger partial charge in [0.1, 0.15) is 0 Å². The van der Waals surface area contributed by atoms with E-state index in [2.05, 4.69) is 6.58 Å². The number of carbonyl (C=O) groups excluding carboxylic acids is 1. The minimum absolute atomic E-state index is 0.0359. The fourth-order valence-corrected chi connectivity index (χ4v) is 3.59. The Morgan fingerprint density at radius 1 is 1.67 bits per heavy atom. The van der Waals surface area contributed by atoms with Crippen molar-refractivity contribution in [3.8, 4) is 0 Å². The lowest BCUT2D eigenvalue weighted by atomic mass is 9.80. The Bertz CT molecular complexity index is 315. The number of fused-ring (bicyclic) bond motifs is 1. The van der Waals surface area contributed by atoms with E-state index in [1.807, 2.05) is 11.0 Å². The van der Waals surface area contributed by atoms with E-state index in [1.54, 1.807) is 0 Å². The fourth-order valence-electron chi connectivity index (χ4n) is 3.59. The van der Waals surface area contributed by atoms with Crippen molar-refractivity contribution in [2.75, 3.05) is 6.54 Å². The number of nitrogens with zero attached hydrogens (tertiary/aromatic N) is 1. The molecule has 2 heterocycles. The lowest BCUT2D eigenvalue weighted by Crippen LogP contribution is -2.50. The van der Waals surface area contributed by atoms with E-state index in [0.29, 0.717) is 19.1 Å². The maximum absolute atomic E-state index is 11.9. The topological polar surface area (TPSA) is 29.5 Å². The quantitative estimate of drug-likeness (QED) is 0.642. The minimum Gasteiger partial charge on any atom is -0.372 e. The average Bonchev–Trinajstić information content (AvgIpc) is 2.58. The van der Waals surface area contributed by atoms with Gasteiger partial charge in [-0.3, -0.25) is 4.79 Å². The first-order valence-electron chi connectivity index (χ1n) is 5.83. The van der Waals surface area contributed by atoms with E-state index in [4.69, 9.17) is 4.74 Å². The van der Waals surface area contributed by atoms with Crippen LogP contribution in [-0.4, -0.2) is 35.1 Å². The molecule has 82 valence electrons. The summed E-state index contributed by atoms with van der Waals surface area (Å²) in [7, 11) is 0. The lowest BCUT2D eigenvalue weighted by molar-refractivity contribution is -0.131. The predicted octanol–water partition coefficient (Wildman–Crippen LogP) is 1.48. The van der Waals surface area contributed by atoms with Gasteiger partial charge in [0.15, 0.2) is 0 Å². The van der Waals surface area contributed by atoms with Crippen LogP contribution in [0.25, 0.3) is 0 Å². The molecule has 0 aromatic carbocycles. The number of amides is 1. The van der Waals surface area contributed by atoms with Crippen molar-refractivity contribution in [1.29, 1.82) is 0 Å². The molecule has 15 heavy (non-hydrogen) atoms. The van der Waals surface area contributed by atoms with Crippen molar-refractivity contribution in [3.63, 3.8) is 0 Å². The largest absolute Gasteiger partial charge is 0.372 e. The highest BCUT2D eigenvalue weighted by atomic mass is 16.5. The maximum Gasteiger partial charge on any atom is 0.226 e. The van der Waals surface area contributed by atoms with Gasteiger partial charge in [-0.25, -0.2) is 0 Å². The van der Waals surface area contributed by atoms with Gasteiger partial charge in [-0.2, -0.15) is 0 Å². The summed E-state index contributed by atoms with van der Waals surface area (Å²) in [6, 6.07) is 0. The van der Waals surface area contributed by atoms with Crippen LogP contribution in [0.4, 0.5) is 0 Å². The zero-order valence-corrected chi connectivity index (χ0v) is 8.95. The maximum atomic E-state index is 11.9. The molecule has 1 aliphatic carbocycles. The summed E-state index contributed by atoms with van der Waals surface area (Å²) < 4.78 is 5.95. The highest BCUT2D eigenvalue weighted by Gasteiger charge is 2.59. The average molecular weight is 207 g/mol. The van der Waals surface area contributed by atoms with Gasteiger partial charge in [0.25, 0.3) is 0 Å². The van der Waals surface area contributed by atoms with Gasteiger partial charge < -0.3 is 9.64 Å². The molecule has 1 amide bonds. The van der Waals surface area contributed by atoms with Gasteiger partial charge in [-0.05, 0) is 25.7 Å². The van der Waals surface area contributed by atoms with Crippen LogP contribution in [0.1, 0.15) is 32.1 Å². The van der Waals surface area contributed by atoms with Crippen LogP contribution < -0.4 is 0 Å². The van der Waals surface area contributed by atoms with Crippen LogP contribution in [-0.2, 0) is 9.53 Å². The van der Waals surface area contributed by atoms with Gasteiger partial charge in [0, 0.05) is 6.54 Å². The van der Waals surface area contributed by atoms with E-state index in [-0.39, 0.29) is 17.6 Å². The summed E-state index contributed by atoms with van der Waals surface area (Å²) in [6.45, 7) is 4.43. The molecular formula is C12H17NO2. The molecule has 0 N–H and O–H groups in total. The zero-order chi connectivity index (χ0) is 10.5. The van der Waals surface area contributed by atoms with Gasteiger partial charge >= 0.3 is 0 Å². The molecule has 2 bridgehead atoms. The Morgan fingerprint density at radius 2 is 2.53 bits per heavy atom. The summed E-state index contributed by atoms with van der Waals surface area (Å²) in [4.78, 5) is 13.9. The molecule has 1 spiro atoms. The Hall–Kier alpha value is -0.830. The Labute approximate surface area is 90.1 Å². The van der Waals surface area contributed by atoms with Crippen molar-refractivity contribution in [1.82, 2.24) is 4.90 Å². The van der Waals surface area contributed by atoms with Crippen molar-refractivity contribution in [2.45, 2.75) is 49.9 Å². The van der Waals surface area contributed by atoms with E-state index in [1.165, 1.54) is 12.8 Å². The predicted molar refractivity (Wildman–Crippen MR) is 56.4 cm³/mol. The molecule has 3 fully saturated rings. The Morgan fingerprint density at radius 3 is 3.33 bits per heavy atom. The zero-order valence-electron chi connectivity index (χ0n) is 8.95. The molecule has 3 heteroatoms.